The molecule has 7 nitrogen and oxygen atoms in total. The van der Waals surface area contributed by atoms with Gasteiger partial charge in [-0.25, -0.2) is 12.8 Å². The van der Waals surface area contributed by atoms with Gasteiger partial charge in [-0.2, -0.15) is 4.31 Å². The maximum absolute atomic E-state index is 13.7. The van der Waals surface area contributed by atoms with Crippen LogP contribution in [0.1, 0.15) is 31.2 Å². The average molecular weight is 429 g/mol. The van der Waals surface area contributed by atoms with E-state index < -0.39 is 21.4 Å². The summed E-state index contributed by atoms with van der Waals surface area (Å²) in [6, 6.07) is 3.76. The van der Waals surface area contributed by atoms with E-state index in [-0.39, 0.29) is 29.8 Å². The van der Waals surface area contributed by atoms with E-state index in [9.17, 15) is 17.6 Å². The topological polar surface area (TPSA) is 84.9 Å². The van der Waals surface area contributed by atoms with Crippen LogP contribution >= 0.6 is 0 Å². The van der Waals surface area contributed by atoms with Gasteiger partial charge in [-0.15, -0.1) is 0 Å². The number of methoxy groups -OCH3 is 1. The first-order chi connectivity index (χ1) is 13.8. The minimum Gasteiger partial charge on any atom is -0.385 e. The van der Waals surface area contributed by atoms with Crippen molar-refractivity contribution in [2.24, 2.45) is 5.92 Å². The van der Waals surface area contributed by atoms with Crippen LogP contribution in [0.5, 0.6) is 0 Å². The SMILES string of the molecule is COCCC1(NC(=O)C2CCOCC2)CCN(S(=O)(=O)c2cc(F)ccc2C)C1. The minimum atomic E-state index is -3.87. The molecule has 162 valence electrons. The number of amides is 1. The second-order valence-electron chi connectivity index (χ2n) is 7.90. The molecule has 29 heavy (non-hydrogen) atoms. The second-order valence-corrected chi connectivity index (χ2v) is 9.80. The predicted molar refractivity (Wildman–Crippen MR) is 105 cm³/mol. The van der Waals surface area contributed by atoms with Crippen LogP contribution in [0.3, 0.4) is 0 Å². The zero-order valence-electron chi connectivity index (χ0n) is 16.9. The molecule has 2 aliphatic heterocycles. The summed E-state index contributed by atoms with van der Waals surface area (Å²) in [7, 11) is -2.29. The van der Waals surface area contributed by atoms with Crippen molar-refractivity contribution in [3.05, 3.63) is 29.6 Å². The zero-order valence-corrected chi connectivity index (χ0v) is 17.8. The normalized spacial score (nSPS) is 24.0. The van der Waals surface area contributed by atoms with Gasteiger partial charge in [0.15, 0.2) is 0 Å². The van der Waals surface area contributed by atoms with Crippen LogP contribution < -0.4 is 5.32 Å². The van der Waals surface area contributed by atoms with E-state index in [0.717, 1.165) is 6.07 Å². The molecule has 0 radical (unpaired) electrons. The third kappa shape index (κ3) is 4.96. The summed E-state index contributed by atoms with van der Waals surface area (Å²) in [5, 5.41) is 3.12. The number of halogens is 1. The fraction of sp³-hybridized carbons (Fsp3) is 0.650. The van der Waals surface area contributed by atoms with E-state index in [4.69, 9.17) is 9.47 Å². The molecule has 1 N–H and O–H groups in total. The van der Waals surface area contributed by atoms with Crippen molar-refractivity contribution < 1.29 is 27.1 Å². The molecule has 1 unspecified atom stereocenters. The number of sulfonamides is 1. The molecule has 2 saturated heterocycles. The molecule has 0 aromatic heterocycles. The van der Waals surface area contributed by atoms with Gasteiger partial charge >= 0.3 is 0 Å². The molecule has 1 atom stereocenters. The number of hydrogen-bond acceptors (Lipinski definition) is 5. The Bertz CT molecular complexity index is 841. The van der Waals surface area contributed by atoms with Crippen LogP contribution in [0.4, 0.5) is 4.39 Å². The van der Waals surface area contributed by atoms with Gasteiger partial charge in [-0.05, 0) is 50.3 Å². The molecule has 3 rings (SSSR count). The standard InChI is InChI=1S/C20H29FN2O5S/c1-15-3-4-17(21)13-18(15)29(25,26)23-9-7-20(14-23,8-12-27-2)22-19(24)16-5-10-28-11-6-16/h3-4,13,16H,5-12,14H2,1-2H3,(H,22,24). The summed E-state index contributed by atoms with van der Waals surface area (Å²) >= 11 is 0. The Kier molecular flexibility index (Phi) is 6.93. The largest absolute Gasteiger partial charge is 0.385 e. The van der Waals surface area contributed by atoms with Crippen molar-refractivity contribution in [3.8, 4) is 0 Å². The maximum Gasteiger partial charge on any atom is 0.243 e. The summed E-state index contributed by atoms with van der Waals surface area (Å²) in [4.78, 5) is 12.8. The Morgan fingerprint density at radius 1 is 1.38 bits per heavy atom. The van der Waals surface area contributed by atoms with Gasteiger partial charge in [-0.3, -0.25) is 4.79 Å². The zero-order chi connectivity index (χ0) is 21.1. The Morgan fingerprint density at radius 3 is 2.79 bits per heavy atom. The molecule has 1 aromatic rings. The highest BCUT2D eigenvalue weighted by Crippen LogP contribution is 2.32. The third-order valence-corrected chi connectivity index (χ3v) is 7.84. The smallest absolute Gasteiger partial charge is 0.243 e. The van der Waals surface area contributed by atoms with Crippen LogP contribution in [0.25, 0.3) is 0 Å². The molecule has 2 fully saturated rings. The minimum absolute atomic E-state index is 0.0317. The first kappa shape index (κ1) is 22.1. The van der Waals surface area contributed by atoms with Crippen molar-refractivity contribution in [2.75, 3.05) is 40.0 Å². The molecule has 2 heterocycles. The lowest BCUT2D eigenvalue weighted by molar-refractivity contribution is -0.130. The van der Waals surface area contributed by atoms with Crippen molar-refractivity contribution in [2.45, 2.75) is 43.0 Å². The Balaban J connectivity index is 1.80. The molecule has 1 aromatic carbocycles. The van der Waals surface area contributed by atoms with Crippen LogP contribution in [0.15, 0.2) is 23.1 Å². The van der Waals surface area contributed by atoms with Crippen LogP contribution in [-0.4, -0.2) is 64.2 Å². The quantitative estimate of drug-likeness (QED) is 0.717. The van der Waals surface area contributed by atoms with E-state index in [0.29, 0.717) is 51.1 Å². The lowest BCUT2D eigenvalue weighted by Crippen LogP contribution is -2.53. The Morgan fingerprint density at radius 2 is 2.10 bits per heavy atom. The first-order valence-electron chi connectivity index (χ1n) is 9.92. The summed E-state index contributed by atoms with van der Waals surface area (Å²) in [6.07, 6.45) is 2.32. The molecule has 0 spiro atoms. The van der Waals surface area contributed by atoms with Crippen molar-refractivity contribution in [3.63, 3.8) is 0 Å². The van der Waals surface area contributed by atoms with Gasteiger partial charge < -0.3 is 14.8 Å². The monoisotopic (exact) mass is 428 g/mol. The van der Waals surface area contributed by atoms with Gasteiger partial charge in [0.25, 0.3) is 0 Å². The number of nitrogens with zero attached hydrogens (tertiary/aromatic N) is 1. The highest BCUT2D eigenvalue weighted by molar-refractivity contribution is 7.89. The first-order valence-corrected chi connectivity index (χ1v) is 11.4. The summed E-state index contributed by atoms with van der Waals surface area (Å²) in [5.74, 6) is -0.781. The lowest BCUT2D eigenvalue weighted by atomic mass is 9.91. The molecule has 0 saturated carbocycles. The van der Waals surface area contributed by atoms with Gasteiger partial charge in [0.2, 0.25) is 15.9 Å². The molecule has 9 heteroatoms. The predicted octanol–water partition coefficient (Wildman–Crippen LogP) is 1.85. The highest BCUT2D eigenvalue weighted by Gasteiger charge is 2.45. The third-order valence-electron chi connectivity index (χ3n) is 5.85. The van der Waals surface area contributed by atoms with E-state index in [1.54, 1.807) is 14.0 Å². The highest BCUT2D eigenvalue weighted by atomic mass is 32.2. The molecular formula is C20H29FN2O5S. The summed E-state index contributed by atoms with van der Waals surface area (Å²) in [6.45, 7) is 3.57. The number of carbonyl (C=O) groups excluding carboxylic acids is 1. The van der Waals surface area contributed by atoms with Gasteiger partial charge in [-0.1, -0.05) is 6.07 Å². The number of ether oxygens (including phenoxy) is 2. The van der Waals surface area contributed by atoms with E-state index in [1.165, 1.54) is 16.4 Å². The van der Waals surface area contributed by atoms with Crippen LogP contribution in [-0.2, 0) is 24.3 Å². The fourth-order valence-electron chi connectivity index (χ4n) is 4.02. The van der Waals surface area contributed by atoms with Crippen molar-refractivity contribution >= 4 is 15.9 Å². The number of aryl methyl sites for hydroxylation is 1. The van der Waals surface area contributed by atoms with Gasteiger partial charge in [0, 0.05) is 45.9 Å². The van der Waals surface area contributed by atoms with Crippen LogP contribution in [0.2, 0.25) is 0 Å². The summed E-state index contributed by atoms with van der Waals surface area (Å²) in [5.41, 5.74) is -0.202. The Hall–Kier alpha value is -1.55. The van der Waals surface area contributed by atoms with Gasteiger partial charge in [0.1, 0.15) is 5.82 Å². The molecule has 2 aliphatic rings. The fourth-order valence-corrected chi connectivity index (χ4v) is 5.78. The molecule has 0 bridgehead atoms. The Labute approximate surface area is 171 Å². The van der Waals surface area contributed by atoms with Crippen LogP contribution in [0, 0.1) is 18.7 Å². The number of carbonyl (C=O) groups is 1. The lowest BCUT2D eigenvalue weighted by Gasteiger charge is -2.33. The number of hydrogen-bond donors (Lipinski definition) is 1. The number of rotatable bonds is 7. The van der Waals surface area contributed by atoms with Crippen molar-refractivity contribution in [1.29, 1.82) is 0 Å². The number of nitrogens with one attached hydrogen (secondary N) is 1. The van der Waals surface area contributed by atoms with Gasteiger partial charge in [0.05, 0.1) is 10.4 Å². The summed E-state index contributed by atoms with van der Waals surface area (Å²) < 4.78 is 51.9. The van der Waals surface area contributed by atoms with E-state index in [1.807, 2.05) is 0 Å². The van der Waals surface area contributed by atoms with E-state index in [2.05, 4.69) is 5.32 Å². The molecular weight excluding hydrogens is 399 g/mol. The second kappa shape index (κ2) is 9.07. The maximum atomic E-state index is 13.7. The molecule has 1 amide bonds. The molecule has 0 aliphatic carbocycles. The van der Waals surface area contributed by atoms with Crippen molar-refractivity contribution in [1.82, 2.24) is 9.62 Å². The van der Waals surface area contributed by atoms with E-state index >= 15 is 0 Å². The average Bonchev–Trinajstić information content (AvgIpc) is 3.14. The number of benzene rings is 1.